The van der Waals surface area contributed by atoms with Crippen LogP contribution >= 0.6 is 0 Å². The average molecular weight is 512 g/mol. The summed E-state index contributed by atoms with van der Waals surface area (Å²) in [6.45, 7) is 17.0. The smallest absolute Gasteiger partial charge is 0.328 e. The van der Waals surface area contributed by atoms with E-state index in [-0.39, 0.29) is 66.5 Å². The van der Waals surface area contributed by atoms with E-state index < -0.39 is 23.9 Å². The summed E-state index contributed by atoms with van der Waals surface area (Å²) in [4.78, 5) is 43.6. The Labute approximate surface area is 216 Å². The summed E-state index contributed by atoms with van der Waals surface area (Å²) in [5.74, 6) is -0.597. The molecule has 3 amide bonds. The van der Waals surface area contributed by atoms with E-state index in [9.17, 15) is 23.2 Å². The molecule has 3 heterocycles. The maximum Gasteiger partial charge on any atom is 0.328 e. The summed E-state index contributed by atoms with van der Waals surface area (Å²) in [6.07, 6.45) is 2.88. The molecule has 36 heavy (non-hydrogen) atoms. The minimum absolute atomic E-state index is 0.0119. The Bertz CT molecular complexity index is 857. The van der Waals surface area contributed by atoms with Gasteiger partial charge in [0.15, 0.2) is 0 Å². The third kappa shape index (κ3) is 5.72. The molecule has 3 aliphatic rings. The summed E-state index contributed by atoms with van der Waals surface area (Å²) in [5, 5.41) is 0. The lowest BCUT2D eigenvalue weighted by atomic mass is 9.70. The molecule has 0 aromatic rings. The fourth-order valence-electron chi connectivity index (χ4n) is 6.91. The number of hydrogen-bond acceptors (Lipinski definition) is 3. The molecule has 206 valence electrons. The molecule has 6 nitrogen and oxygen atoms in total. The van der Waals surface area contributed by atoms with Crippen LogP contribution in [0.4, 0.5) is 8.78 Å². The van der Waals surface area contributed by atoms with Gasteiger partial charge in [0.1, 0.15) is 0 Å². The zero-order valence-corrected chi connectivity index (χ0v) is 23.6. The number of rotatable bonds is 7. The first-order chi connectivity index (χ1) is 16.5. The van der Waals surface area contributed by atoms with Crippen LogP contribution in [-0.2, 0) is 14.4 Å². The minimum atomic E-state index is -3.15. The van der Waals surface area contributed by atoms with E-state index in [1.807, 2.05) is 23.6 Å². The molecule has 0 aromatic carbocycles. The van der Waals surface area contributed by atoms with Crippen molar-refractivity contribution in [3.05, 3.63) is 0 Å². The van der Waals surface area contributed by atoms with Crippen molar-refractivity contribution in [3.8, 4) is 0 Å². The van der Waals surface area contributed by atoms with Gasteiger partial charge in [-0.15, -0.1) is 0 Å². The van der Waals surface area contributed by atoms with Gasteiger partial charge in [0.25, 0.3) is 0 Å². The number of nitrogens with zero attached hydrogens (tertiary/aromatic N) is 3. The number of halogens is 2. The molecule has 8 heteroatoms. The number of hydrogen-bond donors (Lipinski definition) is 0. The van der Waals surface area contributed by atoms with Gasteiger partial charge in [0.05, 0.1) is 0 Å². The average Bonchev–Trinajstić information content (AvgIpc) is 2.71. The van der Waals surface area contributed by atoms with Crippen molar-refractivity contribution >= 4 is 17.7 Å². The van der Waals surface area contributed by atoms with Crippen molar-refractivity contribution in [3.63, 3.8) is 0 Å². The summed E-state index contributed by atoms with van der Waals surface area (Å²) < 4.78 is 29.1. The number of amides is 3. The monoisotopic (exact) mass is 511 g/mol. The summed E-state index contributed by atoms with van der Waals surface area (Å²) in [5.41, 5.74) is -0.419. The van der Waals surface area contributed by atoms with E-state index in [1.54, 1.807) is 6.92 Å². The highest BCUT2D eigenvalue weighted by molar-refractivity contribution is 5.81. The number of piperidine rings is 3. The Hall–Kier alpha value is -1.73. The lowest BCUT2D eigenvalue weighted by molar-refractivity contribution is -0.198. The number of carbonyl (C=O) groups excluding carboxylic acids is 3. The second-order valence-electron chi connectivity index (χ2n) is 13.2. The van der Waals surface area contributed by atoms with Crippen molar-refractivity contribution in [1.82, 2.24) is 14.7 Å². The predicted octanol–water partition coefficient (Wildman–Crippen LogP) is 5.45. The summed E-state index contributed by atoms with van der Waals surface area (Å²) in [6, 6.07) is -3.76. The maximum absolute atomic E-state index is 14.6. The summed E-state index contributed by atoms with van der Waals surface area (Å²) in [7, 11) is 0. The van der Waals surface area contributed by atoms with Crippen LogP contribution in [0, 0.1) is 17.3 Å². The fraction of sp³-hybridized carbons (Fsp3) is 0.893. The van der Waals surface area contributed by atoms with Gasteiger partial charge in [-0.25, -0.2) is 0 Å². The van der Waals surface area contributed by atoms with Gasteiger partial charge in [-0.3, -0.25) is 19.3 Å². The first-order valence-electron chi connectivity index (χ1n) is 13.8. The number of alkyl halides is 2. The Morgan fingerprint density at radius 2 is 1.50 bits per heavy atom. The first-order valence-corrected chi connectivity index (χ1v) is 13.8. The number of likely N-dealkylation sites (tertiary alicyclic amines) is 3. The molecule has 4 atom stereocenters. The highest BCUT2D eigenvalue weighted by Crippen LogP contribution is 2.43. The zero-order chi connectivity index (χ0) is 27.2. The maximum atomic E-state index is 14.6. The van der Waals surface area contributed by atoms with Crippen LogP contribution in [-0.4, -0.2) is 68.7 Å². The SMILES string of the molecule is CC(C)N1CC(C)(C)C(CC(C)N2C(=O)C(C[C@@H](C)N3C(=O)CCCC3(F)F)CCC2(C)C)CC1=O. The van der Waals surface area contributed by atoms with Crippen LogP contribution < -0.4 is 0 Å². The molecule has 3 fully saturated rings. The minimum Gasteiger partial charge on any atom is -0.340 e. The quantitative estimate of drug-likeness (QED) is 0.427. The Morgan fingerprint density at radius 1 is 0.889 bits per heavy atom. The highest BCUT2D eigenvalue weighted by Gasteiger charge is 2.49. The van der Waals surface area contributed by atoms with Gasteiger partial charge in [0.2, 0.25) is 17.7 Å². The van der Waals surface area contributed by atoms with Crippen molar-refractivity contribution in [2.24, 2.45) is 17.3 Å². The predicted molar refractivity (Wildman–Crippen MR) is 136 cm³/mol. The van der Waals surface area contributed by atoms with Crippen LogP contribution in [0.1, 0.15) is 107 Å². The molecule has 0 saturated carbocycles. The van der Waals surface area contributed by atoms with Crippen LogP contribution in [0.5, 0.6) is 0 Å². The molecular formula is C28H47F2N3O3. The molecule has 3 unspecified atom stereocenters. The Morgan fingerprint density at radius 3 is 2.08 bits per heavy atom. The summed E-state index contributed by atoms with van der Waals surface area (Å²) >= 11 is 0. The van der Waals surface area contributed by atoms with Crippen molar-refractivity contribution in [2.45, 2.75) is 136 Å². The van der Waals surface area contributed by atoms with Gasteiger partial charge in [-0.05, 0) is 85.0 Å². The molecule has 0 aromatic heterocycles. The standard InChI is InChI=1S/C28H47F2N3O3/c1-18(2)31-17-26(5,6)22(16-24(31)35)15-20(4)33-25(36)21(11-13-27(33,7)8)14-19(3)32-23(34)10-9-12-28(32,29)30/h18-22H,9-17H2,1-8H3/t19-,20?,21?,22?/m1/s1. The molecule has 3 aliphatic heterocycles. The molecule has 0 spiro atoms. The van der Waals surface area contributed by atoms with Crippen molar-refractivity contribution in [2.75, 3.05) is 6.54 Å². The Kier molecular flexibility index (Phi) is 8.17. The van der Waals surface area contributed by atoms with E-state index in [4.69, 9.17) is 0 Å². The van der Waals surface area contributed by atoms with Gasteiger partial charge >= 0.3 is 6.05 Å². The molecule has 0 radical (unpaired) electrons. The number of carbonyl (C=O) groups is 3. The van der Waals surface area contributed by atoms with E-state index in [0.29, 0.717) is 19.4 Å². The van der Waals surface area contributed by atoms with Crippen molar-refractivity contribution < 1.29 is 23.2 Å². The topological polar surface area (TPSA) is 60.9 Å². The van der Waals surface area contributed by atoms with E-state index >= 15 is 0 Å². The third-order valence-electron chi connectivity index (χ3n) is 9.01. The first kappa shape index (κ1) is 28.8. The van der Waals surface area contributed by atoms with Crippen LogP contribution in [0.15, 0.2) is 0 Å². The Balaban J connectivity index is 1.74. The molecule has 0 aliphatic carbocycles. The highest BCUT2D eigenvalue weighted by atomic mass is 19.3. The molecule has 3 saturated heterocycles. The lowest BCUT2D eigenvalue weighted by Crippen LogP contribution is -2.60. The van der Waals surface area contributed by atoms with E-state index in [0.717, 1.165) is 17.7 Å². The molecule has 3 rings (SSSR count). The fourth-order valence-corrected chi connectivity index (χ4v) is 6.91. The van der Waals surface area contributed by atoms with Crippen LogP contribution in [0.3, 0.4) is 0 Å². The normalized spacial score (nSPS) is 30.1. The molecule has 0 bridgehead atoms. The second-order valence-corrected chi connectivity index (χ2v) is 13.2. The van der Waals surface area contributed by atoms with Gasteiger partial charge < -0.3 is 9.80 Å². The lowest BCUT2D eigenvalue weighted by Gasteiger charge is -2.52. The van der Waals surface area contributed by atoms with Gasteiger partial charge in [-0.1, -0.05) is 13.8 Å². The molecule has 0 N–H and O–H groups in total. The van der Waals surface area contributed by atoms with Crippen LogP contribution in [0.2, 0.25) is 0 Å². The van der Waals surface area contributed by atoms with E-state index in [1.165, 1.54) is 0 Å². The second kappa shape index (κ2) is 10.2. The third-order valence-corrected chi connectivity index (χ3v) is 9.01. The van der Waals surface area contributed by atoms with Gasteiger partial charge in [-0.2, -0.15) is 8.78 Å². The largest absolute Gasteiger partial charge is 0.340 e. The van der Waals surface area contributed by atoms with Gasteiger partial charge in [0, 0.05) is 55.4 Å². The zero-order valence-electron chi connectivity index (χ0n) is 23.6. The van der Waals surface area contributed by atoms with E-state index in [2.05, 4.69) is 34.6 Å². The van der Waals surface area contributed by atoms with Crippen molar-refractivity contribution in [1.29, 1.82) is 0 Å². The van der Waals surface area contributed by atoms with Crippen LogP contribution in [0.25, 0.3) is 0 Å². The molecular weight excluding hydrogens is 464 g/mol.